The van der Waals surface area contributed by atoms with Crippen molar-refractivity contribution in [2.24, 2.45) is 0 Å². The molecule has 1 aromatic rings. The predicted octanol–water partition coefficient (Wildman–Crippen LogP) is 3.09. The maximum absolute atomic E-state index is 12.8. The van der Waals surface area contributed by atoms with Crippen LogP contribution in [0.25, 0.3) is 6.08 Å². The van der Waals surface area contributed by atoms with Crippen LogP contribution in [0.2, 0.25) is 0 Å². The highest BCUT2D eigenvalue weighted by molar-refractivity contribution is 6.16. The highest BCUT2D eigenvalue weighted by Crippen LogP contribution is 2.37. The number of fused-ring (bicyclic) bond motifs is 1. The summed E-state index contributed by atoms with van der Waals surface area (Å²) in [6.45, 7) is 0. The Balaban J connectivity index is 2.49. The van der Waals surface area contributed by atoms with E-state index in [1.54, 1.807) is 6.07 Å². The molecule has 0 amide bonds. The maximum atomic E-state index is 12.8. The zero-order valence-corrected chi connectivity index (χ0v) is 9.46. The summed E-state index contributed by atoms with van der Waals surface area (Å²) >= 11 is 4.81. The van der Waals surface area contributed by atoms with Gasteiger partial charge in [-0.25, -0.2) is 4.79 Å². The molecule has 1 atom stereocenters. The molecule has 1 aromatic carbocycles. The average molecular weight is 279 g/mol. The van der Waals surface area contributed by atoms with Crippen LogP contribution < -0.4 is 4.74 Å². The molecular weight excluding hydrogens is 273 g/mol. The Kier molecular flexibility index (Phi) is 3.21. The van der Waals surface area contributed by atoms with E-state index in [-0.39, 0.29) is 5.75 Å². The fourth-order valence-corrected chi connectivity index (χ4v) is 1.68. The van der Waals surface area contributed by atoms with Gasteiger partial charge in [0.25, 0.3) is 0 Å². The monoisotopic (exact) mass is 278 g/mol. The first kappa shape index (κ1) is 12.8. The third-order valence-electron chi connectivity index (χ3n) is 2.36. The number of carbonyl (C=O) groups is 1. The second-order valence-electron chi connectivity index (χ2n) is 3.54. The Morgan fingerprint density at radius 3 is 2.61 bits per heavy atom. The molecule has 1 heterocycles. The van der Waals surface area contributed by atoms with Crippen LogP contribution in [0.4, 0.5) is 13.2 Å². The van der Waals surface area contributed by atoms with Gasteiger partial charge in [-0.3, -0.25) is 0 Å². The number of hydrogen-bond donors (Lipinski definition) is 0. The van der Waals surface area contributed by atoms with Crippen molar-refractivity contribution in [3.05, 3.63) is 35.4 Å². The van der Waals surface area contributed by atoms with Crippen LogP contribution in [-0.4, -0.2) is 18.2 Å². The van der Waals surface area contributed by atoms with Gasteiger partial charge in [0, 0.05) is 5.56 Å². The van der Waals surface area contributed by atoms with E-state index in [1.165, 1.54) is 18.2 Å². The Hall–Kier alpha value is -1.69. The lowest BCUT2D eigenvalue weighted by atomic mass is 10.0. The van der Waals surface area contributed by atoms with Crippen molar-refractivity contribution in [1.82, 2.24) is 0 Å². The zero-order chi connectivity index (χ0) is 13.3. The molecule has 2 rings (SSSR count). The molecule has 0 fully saturated rings. The minimum Gasteiger partial charge on any atom is -0.475 e. The van der Waals surface area contributed by atoms with Crippen LogP contribution in [0, 0.1) is 0 Å². The summed E-state index contributed by atoms with van der Waals surface area (Å²) < 4.78 is 46.9. The fourth-order valence-electron chi connectivity index (χ4n) is 1.59. The molecule has 0 bridgehead atoms. The lowest BCUT2D eigenvalue weighted by Gasteiger charge is -2.27. The van der Waals surface area contributed by atoms with Crippen LogP contribution in [0.3, 0.4) is 0 Å². The van der Waals surface area contributed by atoms with E-state index in [4.69, 9.17) is 16.6 Å². The van der Waals surface area contributed by atoms with Crippen molar-refractivity contribution < 1.29 is 27.0 Å². The topological polar surface area (TPSA) is 35.5 Å². The van der Waals surface area contributed by atoms with Crippen molar-refractivity contribution in [2.75, 3.05) is 0 Å². The first-order valence-electron chi connectivity index (χ1n) is 4.80. The van der Waals surface area contributed by atoms with Crippen molar-refractivity contribution in [3.8, 4) is 5.75 Å². The molecule has 3 nitrogen and oxygen atoms in total. The summed E-state index contributed by atoms with van der Waals surface area (Å²) in [5.74, 6) is -1.24. The average Bonchev–Trinajstić information content (AvgIpc) is 2.35. The Morgan fingerprint density at radius 2 is 2.00 bits per heavy atom. The minimum absolute atomic E-state index is 0.0472. The number of alkyl halides is 3. The maximum Gasteiger partial charge on any atom is 0.430 e. The van der Waals surface area contributed by atoms with Crippen molar-refractivity contribution >= 4 is 23.9 Å². The van der Waals surface area contributed by atoms with E-state index >= 15 is 0 Å². The molecule has 1 aliphatic rings. The van der Waals surface area contributed by atoms with Crippen LogP contribution >= 0.6 is 11.9 Å². The van der Waals surface area contributed by atoms with Crippen molar-refractivity contribution in [3.63, 3.8) is 0 Å². The van der Waals surface area contributed by atoms with Gasteiger partial charge in [0.15, 0.2) is 0 Å². The molecule has 0 N–H and O–H groups in total. The van der Waals surface area contributed by atoms with Gasteiger partial charge < -0.3 is 9.03 Å². The first-order chi connectivity index (χ1) is 8.43. The second kappa shape index (κ2) is 4.53. The summed E-state index contributed by atoms with van der Waals surface area (Å²) in [4.78, 5) is 11.2. The highest BCUT2D eigenvalue weighted by Gasteiger charge is 2.48. The minimum atomic E-state index is -4.73. The number of benzene rings is 1. The molecular formula is C11H6ClF3O3. The van der Waals surface area contributed by atoms with Crippen LogP contribution in [0.1, 0.15) is 5.56 Å². The molecule has 96 valence electrons. The van der Waals surface area contributed by atoms with Crippen LogP contribution in [-0.2, 0) is 9.08 Å². The molecule has 0 saturated heterocycles. The number of halogens is 4. The predicted molar refractivity (Wildman–Crippen MR) is 56.8 cm³/mol. The van der Waals surface area contributed by atoms with Gasteiger partial charge in [0.1, 0.15) is 17.6 Å². The van der Waals surface area contributed by atoms with Gasteiger partial charge >= 0.3 is 12.1 Å². The Morgan fingerprint density at radius 1 is 1.33 bits per heavy atom. The van der Waals surface area contributed by atoms with E-state index in [1.807, 2.05) is 0 Å². The van der Waals surface area contributed by atoms with E-state index in [2.05, 4.69) is 4.29 Å². The van der Waals surface area contributed by atoms with E-state index in [0.717, 1.165) is 6.08 Å². The van der Waals surface area contributed by atoms with Crippen molar-refractivity contribution in [2.45, 2.75) is 12.3 Å². The standard InChI is InChI=1S/C11H6ClF3O3/c12-18-10(16)7-5-6-3-1-2-4-8(6)17-9(7)11(13,14)15/h1-5,9H. The SMILES string of the molecule is O=C(OCl)C1=Cc2ccccc2OC1C(F)(F)F. The molecule has 1 aliphatic heterocycles. The second-order valence-corrected chi connectivity index (χ2v) is 3.70. The third kappa shape index (κ3) is 2.28. The van der Waals surface area contributed by atoms with Crippen molar-refractivity contribution in [1.29, 1.82) is 0 Å². The molecule has 0 aromatic heterocycles. The largest absolute Gasteiger partial charge is 0.475 e. The first-order valence-corrected chi connectivity index (χ1v) is 5.11. The van der Waals surface area contributed by atoms with Gasteiger partial charge in [-0.15, -0.1) is 0 Å². The number of hydrogen-bond acceptors (Lipinski definition) is 3. The van der Waals surface area contributed by atoms with Gasteiger partial charge in [0.05, 0.1) is 5.57 Å². The van der Waals surface area contributed by atoms with E-state index < -0.39 is 23.8 Å². The highest BCUT2D eigenvalue weighted by atomic mass is 35.5. The molecule has 7 heteroatoms. The number of carbonyl (C=O) groups excluding carboxylic acids is 1. The molecule has 0 saturated carbocycles. The quantitative estimate of drug-likeness (QED) is 0.792. The Labute approximate surface area is 105 Å². The Bertz CT molecular complexity index is 511. The summed E-state index contributed by atoms with van der Waals surface area (Å²) in [6.07, 6.45) is -6.05. The van der Waals surface area contributed by atoms with E-state index in [9.17, 15) is 18.0 Å². The molecule has 0 radical (unpaired) electrons. The zero-order valence-electron chi connectivity index (χ0n) is 8.70. The van der Waals surface area contributed by atoms with Gasteiger partial charge in [-0.2, -0.15) is 13.2 Å². The summed E-state index contributed by atoms with van der Waals surface area (Å²) in [5.41, 5.74) is -0.328. The summed E-state index contributed by atoms with van der Waals surface area (Å²) in [7, 11) is 0. The van der Waals surface area contributed by atoms with Crippen LogP contribution in [0.15, 0.2) is 29.8 Å². The lowest BCUT2D eigenvalue weighted by Crippen LogP contribution is -2.40. The summed E-state index contributed by atoms with van der Waals surface area (Å²) in [5, 5.41) is 0. The lowest BCUT2D eigenvalue weighted by molar-refractivity contribution is -0.186. The third-order valence-corrected chi connectivity index (χ3v) is 2.50. The van der Waals surface area contributed by atoms with Gasteiger partial charge in [-0.05, 0) is 12.1 Å². The van der Waals surface area contributed by atoms with Gasteiger partial charge in [0.2, 0.25) is 6.10 Å². The number of ether oxygens (including phenoxy) is 1. The number of rotatable bonds is 1. The molecule has 0 aliphatic carbocycles. The molecule has 18 heavy (non-hydrogen) atoms. The van der Waals surface area contributed by atoms with Crippen LogP contribution in [0.5, 0.6) is 5.75 Å². The van der Waals surface area contributed by atoms with E-state index in [0.29, 0.717) is 5.56 Å². The van der Waals surface area contributed by atoms with Gasteiger partial charge in [-0.1, -0.05) is 18.2 Å². The molecule has 0 spiro atoms. The normalized spacial score (nSPS) is 18.4. The number of para-hydroxylation sites is 1. The molecule has 1 unspecified atom stereocenters. The summed E-state index contributed by atoms with van der Waals surface area (Å²) in [6, 6.07) is 6.04. The fraction of sp³-hybridized carbons (Fsp3) is 0.182. The smallest absolute Gasteiger partial charge is 0.430 e.